The van der Waals surface area contributed by atoms with Crippen LogP contribution in [0.5, 0.6) is 11.5 Å². The van der Waals surface area contributed by atoms with Gasteiger partial charge in [0.05, 0.1) is 30.3 Å². The number of carboxylic acids is 1. The number of aromatic carboxylic acids is 1. The summed E-state index contributed by atoms with van der Waals surface area (Å²) in [6.07, 6.45) is 4.51. The topological polar surface area (TPSA) is 126 Å². The van der Waals surface area contributed by atoms with E-state index in [4.69, 9.17) is 14.2 Å². The van der Waals surface area contributed by atoms with E-state index >= 15 is 0 Å². The maximum atomic E-state index is 13.8. The fourth-order valence-corrected chi connectivity index (χ4v) is 6.08. The van der Waals surface area contributed by atoms with Crippen LogP contribution >= 0.6 is 0 Å². The Kier molecular flexibility index (Phi) is 7.18. The molecular weight excluding hydrogens is 476 g/mol. The molecule has 0 unspecified atom stereocenters. The molecule has 0 spiro atoms. The quantitative estimate of drug-likeness (QED) is 0.440. The Labute approximate surface area is 202 Å². The summed E-state index contributed by atoms with van der Waals surface area (Å²) in [5.74, 6) is -0.883. The third-order valence-corrected chi connectivity index (χ3v) is 7.96. The van der Waals surface area contributed by atoms with Crippen LogP contribution in [0.2, 0.25) is 0 Å². The standard InChI is InChI=1S/C24H28N2O8S/c1-32-12-13-34-18-9-10-19-20(15-18)25(17-6-4-3-5-7-17)24(29)26(19)35(30,31)22-11-8-16(23(27)28)14-21(22)33-2/h8-11,14-15,17H,3-7,12-13H2,1-2H3,(H,27,28). The van der Waals surface area contributed by atoms with Gasteiger partial charge in [-0.15, -0.1) is 0 Å². The molecule has 1 N–H and O–H groups in total. The third kappa shape index (κ3) is 4.65. The van der Waals surface area contributed by atoms with Crippen molar-refractivity contribution < 1.29 is 32.5 Å². The van der Waals surface area contributed by atoms with Crippen LogP contribution in [0.25, 0.3) is 11.0 Å². The summed E-state index contributed by atoms with van der Waals surface area (Å²) >= 11 is 0. The second kappa shape index (κ2) is 10.1. The number of nitrogens with zero attached hydrogens (tertiary/aromatic N) is 2. The number of aromatic nitrogens is 2. The number of imidazole rings is 1. The minimum absolute atomic E-state index is 0.129. The van der Waals surface area contributed by atoms with Crippen molar-refractivity contribution in [1.82, 2.24) is 8.54 Å². The van der Waals surface area contributed by atoms with Crippen LogP contribution in [-0.4, -0.2) is 55.5 Å². The number of hydrogen-bond acceptors (Lipinski definition) is 7. The van der Waals surface area contributed by atoms with E-state index in [-0.39, 0.29) is 27.8 Å². The van der Waals surface area contributed by atoms with Gasteiger partial charge in [0.25, 0.3) is 10.0 Å². The number of benzene rings is 2. The zero-order chi connectivity index (χ0) is 25.2. The lowest BCUT2D eigenvalue weighted by molar-refractivity contribution is 0.0696. The maximum Gasteiger partial charge on any atom is 0.343 e. The van der Waals surface area contributed by atoms with Gasteiger partial charge in [0.2, 0.25) is 0 Å². The van der Waals surface area contributed by atoms with Crippen LogP contribution in [-0.2, 0) is 14.8 Å². The van der Waals surface area contributed by atoms with E-state index < -0.39 is 21.7 Å². The van der Waals surface area contributed by atoms with E-state index in [9.17, 15) is 23.1 Å². The van der Waals surface area contributed by atoms with Crippen LogP contribution in [0.1, 0.15) is 48.5 Å². The summed E-state index contributed by atoms with van der Waals surface area (Å²) in [4.78, 5) is 24.8. The van der Waals surface area contributed by atoms with Gasteiger partial charge in [-0.2, -0.15) is 3.97 Å². The van der Waals surface area contributed by atoms with Crippen molar-refractivity contribution in [2.45, 2.75) is 43.0 Å². The zero-order valence-corrected chi connectivity index (χ0v) is 20.4. The maximum absolute atomic E-state index is 13.8. The van der Waals surface area contributed by atoms with Gasteiger partial charge in [-0.3, -0.25) is 4.57 Å². The van der Waals surface area contributed by atoms with Crippen molar-refractivity contribution >= 4 is 27.0 Å². The molecule has 1 aromatic heterocycles. The van der Waals surface area contributed by atoms with Gasteiger partial charge in [0.1, 0.15) is 23.0 Å². The predicted molar refractivity (Wildman–Crippen MR) is 128 cm³/mol. The Morgan fingerprint density at radius 3 is 2.43 bits per heavy atom. The van der Waals surface area contributed by atoms with Crippen LogP contribution in [0.4, 0.5) is 0 Å². The number of methoxy groups -OCH3 is 2. The Balaban J connectivity index is 1.92. The molecule has 0 saturated heterocycles. The van der Waals surface area contributed by atoms with Crippen molar-refractivity contribution in [2.24, 2.45) is 0 Å². The van der Waals surface area contributed by atoms with Gasteiger partial charge in [-0.25, -0.2) is 18.0 Å². The van der Waals surface area contributed by atoms with E-state index in [0.29, 0.717) is 24.5 Å². The second-order valence-electron chi connectivity index (χ2n) is 8.38. The molecule has 11 heteroatoms. The molecule has 3 aromatic rings. The first-order valence-corrected chi connectivity index (χ1v) is 12.8. The molecule has 1 saturated carbocycles. The highest BCUT2D eigenvalue weighted by atomic mass is 32.2. The third-order valence-electron chi connectivity index (χ3n) is 6.23. The fourth-order valence-electron chi connectivity index (χ4n) is 4.54. The van der Waals surface area contributed by atoms with Gasteiger partial charge in [-0.1, -0.05) is 19.3 Å². The number of fused-ring (bicyclic) bond motifs is 1. The molecule has 0 amide bonds. The van der Waals surface area contributed by atoms with Gasteiger partial charge in [0, 0.05) is 19.2 Å². The molecule has 1 fully saturated rings. The molecule has 188 valence electrons. The highest BCUT2D eigenvalue weighted by Gasteiger charge is 2.31. The van der Waals surface area contributed by atoms with Gasteiger partial charge in [-0.05, 0) is 43.2 Å². The largest absolute Gasteiger partial charge is 0.495 e. The number of ether oxygens (including phenoxy) is 3. The minimum Gasteiger partial charge on any atom is -0.495 e. The highest BCUT2D eigenvalue weighted by molar-refractivity contribution is 7.90. The first-order chi connectivity index (χ1) is 16.8. The Morgan fingerprint density at radius 2 is 1.77 bits per heavy atom. The lowest BCUT2D eigenvalue weighted by atomic mass is 9.95. The average molecular weight is 505 g/mol. The van der Waals surface area contributed by atoms with Gasteiger partial charge >= 0.3 is 11.7 Å². The molecule has 0 radical (unpaired) electrons. The summed E-state index contributed by atoms with van der Waals surface area (Å²) in [5.41, 5.74) is -0.133. The van der Waals surface area contributed by atoms with Gasteiger partial charge < -0.3 is 19.3 Å². The Bertz CT molecular complexity index is 1400. The van der Waals surface area contributed by atoms with E-state index in [1.54, 1.807) is 29.9 Å². The molecular formula is C24H28N2O8S. The molecule has 0 bridgehead atoms. The van der Waals surface area contributed by atoms with Crippen LogP contribution in [0, 0.1) is 0 Å². The SMILES string of the molecule is COCCOc1ccc2c(c1)n(C1CCCCC1)c(=O)n2S(=O)(=O)c1ccc(C(=O)O)cc1OC. The molecule has 0 aliphatic heterocycles. The smallest absolute Gasteiger partial charge is 0.343 e. The van der Waals surface area contributed by atoms with Crippen molar-refractivity contribution in [2.75, 3.05) is 27.4 Å². The summed E-state index contributed by atoms with van der Waals surface area (Å²) in [6, 6.07) is 8.15. The minimum atomic E-state index is -4.43. The summed E-state index contributed by atoms with van der Waals surface area (Å²) in [6.45, 7) is 0.691. The zero-order valence-electron chi connectivity index (χ0n) is 19.6. The molecule has 1 aliphatic carbocycles. The molecule has 0 atom stereocenters. The van der Waals surface area contributed by atoms with E-state index in [1.165, 1.54) is 13.2 Å². The predicted octanol–water partition coefficient (Wildman–Crippen LogP) is 3.28. The molecule has 1 aliphatic rings. The van der Waals surface area contributed by atoms with E-state index in [2.05, 4.69) is 0 Å². The van der Waals surface area contributed by atoms with Gasteiger partial charge in [0.15, 0.2) is 0 Å². The van der Waals surface area contributed by atoms with Crippen molar-refractivity contribution in [3.8, 4) is 11.5 Å². The lowest BCUT2D eigenvalue weighted by Crippen LogP contribution is -2.32. The summed E-state index contributed by atoms with van der Waals surface area (Å²) < 4.78 is 45.8. The first-order valence-electron chi connectivity index (χ1n) is 11.3. The van der Waals surface area contributed by atoms with Crippen molar-refractivity contribution in [3.63, 3.8) is 0 Å². The normalized spacial score (nSPS) is 14.8. The molecule has 35 heavy (non-hydrogen) atoms. The highest BCUT2D eigenvalue weighted by Crippen LogP contribution is 2.34. The summed E-state index contributed by atoms with van der Waals surface area (Å²) in [5, 5.41) is 9.27. The Morgan fingerprint density at radius 1 is 1.03 bits per heavy atom. The number of hydrogen-bond donors (Lipinski definition) is 1. The van der Waals surface area contributed by atoms with Crippen LogP contribution in [0.3, 0.4) is 0 Å². The van der Waals surface area contributed by atoms with Crippen LogP contribution in [0.15, 0.2) is 46.1 Å². The molecule has 2 aromatic carbocycles. The summed E-state index contributed by atoms with van der Waals surface area (Å²) in [7, 11) is -1.62. The second-order valence-corrected chi connectivity index (χ2v) is 10.1. The fraction of sp³-hybridized carbons (Fsp3) is 0.417. The monoisotopic (exact) mass is 504 g/mol. The average Bonchev–Trinajstić information content (AvgIpc) is 3.15. The molecule has 4 rings (SSSR count). The number of carbonyl (C=O) groups is 1. The van der Waals surface area contributed by atoms with E-state index in [1.807, 2.05) is 0 Å². The molecule has 10 nitrogen and oxygen atoms in total. The Hall–Kier alpha value is -3.31. The first kappa shape index (κ1) is 24.8. The van der Waals surface area contributed by atoms with Crippen molar-refractivity contribution in [1.29, 1.82) is 0 Å². The number of rotatable bonds is 9. The van der Waals surface area contributed by atoms with Crippen molar-refractivity contribution in [3.05, 3.63) is 52.4 Å². The lowest BCUT2D eigenvalue weighted by Gasteiger charge is -2.23. The van der Waals surface area contributed by atoms with E-state index in [0.717, 1.165) is 48.2 Å². The number of carboxylic acid groups (broad SMARTS) is 1. The molecule has 1 heterocycles. The van der Waals surface area contributed by atoms with Crippen LogP contribution < -0.4 is 15.2 Å².